The largest absolute Gasteiger partial charge is 0.383 e. The number of anilines is 1. The third-order valence-corrected chi connectivity index (χ3v) is 3.44. The van der Waals surface area contributed by atoms with E-state index in [2.05, 4.69) is 34.5 Å². The average molecular weight is 247 g/mol. The summed E-state index contributed by atoms with van der Waals surface area (Å²) in [5.41, 5.74) is 8.29. The second-order valence-corrected chi connectivity index (χ2v) is 5.39. The predicted molar refractivity (Wildman–Crippen MR) is 77.7 cm³/mol. The Morgan fingerprint density at radius 1 is 1.17 bits per heavy atom. The highest BCUT2D eigenvalue weighted by molar-refractivity contribution is 5.44. The minimum absolute atomic E-state index is 0.193. The van der Waals surface area contributed by atoms with Gasteiger partial charge in [0, 0.05) is 24.8 Å². The zero-order chi connectivity index (χ0) is 12.8. The molecule has 1 atom stereocenters. The van der Waals surface area contributed by atoms with Gasteiger partial charge in [-0.1, -0.05) is 18.6 Å². The van der Waals surface area contributed by atoms with Crippen LogP contribution in [0.15, 0.2) is 24.3 Å². The van der Waals surface area contributed by atoms with Gasteiger partial charge in [-0.15, -0.1) is 0 Å². The van der Waals surface area contributed by atoms with Crippen LogP contribution < -0.4 is 11.1 Å². The van der Waals surface area contributed by atoms with E-state index in [1.54, 1.807) is 0 Å². The van der Waals surface area contributed by atoms with Crippen LogP contribution in [0.2, 0.25) is 0 Å². The van der Waals surface area contributed by atoms with Crippen molar-refractivity contribution in [2.24, 2.45) is 5.73 Å². The molecule has 2 rings (SSSR count). The molecule has 3 nitrogen and oxygen atoms in total. The van der Waals surface area contributed by atoms with Crippen LogP contribution in [0.25, 0.3) is 0 Å². The lowest BCUT2D eigenvalue weighted by Gasteiger charge is -2.26. The van der Waals surface area contributed by atoms with E-state index in [1.165, 1.54) is 37.9 Å². The number of piperidine rings is 1. The normalized spacial score (nSPS) is 18.6. The Morgan fingerprint density at radius 3 is 2.44 bits per heavy atom. The monoisotopic (exact) mass is 247 g/mol. The van der Waals surface area contributed by atoms with Gasteiger partial charge in [-0.3, -0.25) is 4.90 Å². The summed E-state index contributed by atoms with van der Waals surface area (Å²) in [5, 5.41) is 3.34. The second-order valence-electron chi connectivity index (χ2n) is 5.39. The van der Waals surface area contributed by atoms with Crippen LogP contribution >= 0.6 is 0 Å². The van der Waals surface area contributed by atoms with E-state index in [-0.39, 0.29) is 6.04 Å². The zero-order valence-corrected chi connectivity index (χ0v) is 11.4. The van der Waals surface area contributed by atoms with E-state index in [1.807, 2.05) is 6.92 Å². The molecule has 1 aliphatic rings. The highest BCUT2D eigenvalue weighted by Crippen LogP contribution is 2.15. The summed E-state index contributed by atoms with van der Waals surface area (Å²) in [4.78, 5) is 2.55. The first-order chi connectivity index (χ1) is 8.74. The van der Waals surface area contributed by atoms with E-state index in [0.717, 1.165) is 18.8 Å². The number of nitrogens with two attached hydrogens (primary N) is 1. The molecule has 1 unspecified atom stereocenters. The van der Waals surface area contributed by atoms with Gasteiger partial charge >= 0.3 is 0 Å². The highest BCUT2D eigenvalue weighted by Gasteiger charge is 2.09. The maximum atomic E-state index is 5.72. The van der Waals surface area contributed by atoms with Gasteiger partial charge in [0.1, 0.15) is 0 Å². The highest BCUT2D eigenvalue weighted by atomic mass is 15.1. The molecule has 0 aliphatic carbocycles. The summed E-state index contributed by atoms with van der Waals surface area (Å²) in [6.45, 7) is 6.44. The number of nitrogens with one attached hydrogen (secondary N) is 1. The van der Waals surface area contributed by atoms with Crippen molar-refractivity contribution in [1.82, 2.24) is 4.90 Å². The molecule has 100 valence electrons. The molecular weight excluding hydrogens is 222 g/mol. The first kappa shape index (κ1) is 13.4. The van der Waals surface area contributed by atoms with Crippen molar-refractivity contribution >= 4 is 5.69 Å². The lowest BCUT2D eigenvalue weighted by Crippen LogP contribution is -2.29. The van der Waals surface area contributed by atoms with Gasteiger partial charge in [0.25, 0.3) is 0 Å². The summed E-state index contributed by atoms with van der Waals surface area (Å²) < 4.78 is 0. The van der Waals surface area contributed by atoms with Crippen molar-refractivity contribution in [3.05, 3.63) is 29.8 Å². The number of rotatable bonds is 5. The van der Waals surface area contributed by atoms with Gasteiger partial charge in [-0.2, -0.15) is 0 Å². The minimum atomic E-state index is 0.193. The number of hydrogen-bond donors (Lipinski definition) is 2. The number of benzene rings is 1. The average Bonchev–Trinajstić information content (AvgIpc) is 2.39. The molecule has 0 bridgehead atoms. The molecular formula is C15H25N3. The Bertz CT molecular complexity index is 339. The van der Waals surface area contributed by atoms with Crippen LogP contribution in [0.3, 0.4) is 0 Å². The Kier molecular flexibility index (Phi) is 5.02. The molecule has 1 fully saturated rings. The third kappa shape index (κ3) is 4.31. The lowest BCUT2D eigenvalue weighted by molar-refractivity contribution is 0.221. The van der Waals surface area contributed by atoms with Crippen molar-refractivity contribution in [2.45, 2.75) is 38.8 Å². The van der Waals surface area contributed by atoms with E-state index < -0.39 is 0 Å². The molecule has 0 saturated carbocycles. The molecule has 3 N–H and O–H groups in total. The molecule has 1 saturated heterocycles. The van der Waals surface area contributed by atoms with Crippen LogP contribution in [-0.2, 0) is 6.54 Å². The number of hydrogen-bond acceptors (Lipinski definition) is 3. The maximum Gasteiger partial charge on any atom is 0.0340 e. The second kappa shape index (κ2) is 6.76. The summed E-state index contributed by atoms with van der Waals surface area (Å²) in [6, 6.07) is 8.94. The SMILES string of the molecule is CC(N)CNc1ccc(CN2CCCCC2)cc1. The Hall–Kier alpha value is -1.06. The van der Waals surface area contributed by atoms with E-state index in [4.69, 9.17) is 5.73 Å². The fourth-order valence-electron chi connectivity index (χ4n) is 2.38. The van der Waals surface area contributed by atoms with Gasteiger partial charge in [0.15, 0.2) is 0 Å². The van der Waals surface area contributed by atoms with E-state index in [0.29, 0.717) is 0 Å². The smallest absolute Gasteiger partial charge is 0.0340 e. The van der Waals surface area contributed by atoms with Crippen molar-refractivity contribution in [3.8, 4) is 0 Å². The van der Waals surface area contributed by atoms with Crippen LogP contribution in [0.5, 0.6) is 0 Å². The van der Waals surface area contributed by atoms with Gasteiger partial charge in [0.2, 0.25) is 0 Å². The van der Waals surface area contributed by atoms with Crippen LogP contribution in [0.4, 0.5) is 5.69 Å². The minimum Gasteiger partial charge on any atom is -0.383 e. The Balaban J connectivity index is 1.83. The zero-order valence-electron chi connectivity index (χ0n) is 11.4. The van der Waals surface area contributed by atoms with Crippen molar-refractivity contribution < 1.29 is 0 Å². The van der Waals surface area contributed by atoms with Crippen molar-refractivity contribution in [2.75, 3.05) is 25.0 Å². The van der Waals surface area contributed by atoms with Gasteiger partial charge in [0.05, 0.1) is 0 Å². The van der Waals surface area contributed by atoms with E-state index >= 15 is 0 Å². The van der Waals surface area contributed by atoms with Gasteiger partial charge < -0.3 is 11.1 Å². The molecule has 18 heavy (non-hydrogen) atoms. The molecule has 1 aromatic rings. The molecule has 1 aromatic carbocycles. The Morgan fingerprint density at radius 2 is 1.83 bits per heavy atom. The topological polar surface area (TPSA) is 41.3 Å². The van der Waals surface area contributed by atoms with Crippen LogP contribution in [0, 0.1) is 0 Å². The number of likely N-dealkylation sites (tertiary alicyclic amines) is 1. The maximum absolute atomic E-state index is 5.72. The molecule has 0 aromatic heterocycles. The quantitative estimate of drug-likeness (QED) is 0.839. The molecule has 0 spiro atoms. The third-order valence-electron chi connectivity index (χ3n) is 3.44. The molecule has 0 radical (unpaired) electrons. The fraction of sp³-hybridized carbons (Fsp3) is 0.600. The first-order valence-corrected chi connectivity index (χ1v) is 7.05. The standard InChI is InChI=1S/C15H25N3/c1-13(16)11-17-15-7-5-14(6-8-15)12-18-9-3-2-4-10-18/h5-8,13,17H,2-4,9-12,16H2,1H3. The number of nitrogens with zero attached hydrogens (tertiary/aromatic N) is 1. The summed E-state index contributed by atoms with van der Waals surface area (Å²) in [6.07, 6.45) is 4.11. The van der Waals surface area contributed by atoms with Gasteiger partial charge in [-0.25, -0.2) is 0 Å². The fourth-order valence-corrected chi connectivity index (χ4v) is 2.38. The van der Waals surface area contributed by atoms with Crippen molar-refractivity contribution in [1.29, 1.82) is 0 Å². The van der Waals surface area contributed by atoms with Crippen LogP contribution in [-0.4, -0.2) is 30.6 Å². The van der Waals surface area contributed by atoms with Crippen LogP contribution in [0.1, 0.15) is 31.7 Å². The Labute approximate surface area is 110 Å². The molecule has 1 aliphatic heterocycles. The van der Waals surface area contributed by atoms with Crippen molar-refractivity contribution in [3.63, 3.8) is 0 Å². The molecule has 0 amide bonds. The summed E-state index contributed by atoms with van der Waals surface area (Å²) >= 11 is 0. The predicted octanol–water partition coefficient (Wildman–Crippen LogP) is 2.43. The summed E-state index contributed by atoms with van der Waals surface area (Å²) in [5.74, 6) is 0. The lowest BCUT2D eigenvalue weighted by atomic mass is 10.1. The molecule has 3 heteroatoms. The summed E-state index contributed by atoms with van der Waals surface area (Å²) in [7, 11) is 0. The van der Waals surface area contributed by atoms with E-state index in [9.17, 15) is 0 Å². The first-order valence-electron chi connectivity index (χ1n) is 7.05. The van der Waals surface area contributed by atoms with Gasteiger partial charge in [-0.05, 0) is 50.6 Å². The molecule has 1 heterocycles.